The van der Waals surface area contributed by atoms with Crippen LogP contribution >= 0.6 is 11.6 Å². The van der Waals surface area contributed by atoms with Gasteiger partial charge in [-0.1, -0.05) is 17.7 Å². The van der Waals surface area contributed by atoms with Crippen LogP contribution in [0.3, 0.4) is 0 Å². The van der Waals surface area contributed by atoms with E-state index < -0.39 is 11.7 Å². The number of carbonyl (C=O) groups is 2. The van der Waals surface area contributed by atoms with Crippen molar-refractivity contribution in [1.29, 1.82) is 0 Å². The summed E-state index contributed by atoms with van der Waals surface area (Å²) in [7, 11) is 0. The lowest BCUT2D eigenvalue weighted by atomic mass is 10.1. The molecule has 0 heterocycles. The van der Waals surface area contributed by atoms with Gasteiger partial charge < -0.3 is 15.4 Å². The van der Waals surface area contributed by atoms with Gasteiger partial charge in [0.05, 0.1) is 10.7 Å². The summed E-state index contributed by atoms with van der Waals surface area (Å²) in [6, 6.07) is 5.37. The Hall–Kier alpha value is -1.75. The lowest BCUT2D eigenvalue weighted by Gasteiger charge is -2.19. The zero-order valence-electron chi connectivity index (χ0n) is 12.7. The van der Waals surface area contributed by atoms with Gasteiger partial charge in [-0.3, -0.25) is 4.79 Å². The second kappa shape index (κ2) is 7.31. The third kappa shape index (κ3) is 6.99. The van der Waals surface area contributed by atoms with Crippen molar-refractivity contribution in [1.82, 2.24) is 5.32 Å². The number of ether oxygens (including phenoxy) is 1. The molecule has 1 aromatic rings. The lowest BCUT2D eigenvalue weighted by Crippen LogP contribution is -2.33. The third-order valence-electron chi connectivity index (χ3n) is 2.43. The van der Waals surface area contributed by atoms with E-state index in [1.165, 1.54) is 6.92 Å². The molecule has 6 heteroatoms. The fourth-order valence-corrected chi connectivity index (χ4v) is 1.88. The quantitative estimate of drug-likeness (QED) is 0.895. The molecular formula is C15H21ClN2O3. The van der Waals surface area contributed by atoms with Crippen molar-refractivity contribution in [2.24, 2.45) is 0 Å². The Labute approximate surface area is 130 Å². The topological polar surface area (TPSA) is 67.4 Å². The molecule has 0 saturated heterocycles. The van der Waals surface area contributed by atoms with Crippen molar-refractivity contribution >= 4 is 29.3 Å². The van der Waals surface area contributed by atoms with E-state index in [4.69, 9.17) is 16.3 Å². The van der Waals surface area contributed by atoms with Crippen LogP contribution in [0.5, 0.6) is 0 Å². The summed E-state index contributed by atoms with van der Waals surface area (Å²) in [5.74, 6) is -0.170. The van der Waals surface area contributed by atoms with Crippen LogP contribution in [0, 0.1) is 0 Å². The maximum absolute atomic E-state index is 11.5. The Morgan fingerprint density at radius 3 is 2.48 bits per heavy atom. The van der Waals surface area contributed by atoms with Gasteiger partial charge in [-0.15, -0.1) is 0 Å². The maximum atomic E-state index is 11.5. The van der Waals surface area contributed by atoms with Gasteiger partial charge in [0.15, 0.2) is 0 Å². The average Bonchev–Trinajstić information content (AvgIpc) is 2.29. The fraction of sp³-hybridized carbons (Fsp3) is 0.467. The van der Waals surface area contributed by atoms with Crippen molar-refractivity contribution < 1.29 is 14.3 Å². The third-order valence-corrected chi connectivity index (χ3v) is 2.74. The Bertz CT molecular complexity index is 524. The largest absolute Gasteiger partial charge is 0.444 e. The van der Waals surface area contributed by atoms with Gasteiger partial charge in [0.25, 0.3) is 0 Å². The van der Waals surface area contributed by atoms with Gasteiger partial charge in [0.1, 0.15) is 5.60 Å². The Balaban J connectivity index is 2.48. The standard InChI is InChI=1S/C15H21ClN2O3/c1-10(19)18-13-6-5-11(9-12(13)16)7-8-17-14(20)21-15(2,3)4/h5-6,9H,7-8H2,1-4H3,(H,17,20)(H,18,19). The Kier molecular flexibility index (Phi) is 6.03. The van der Waals surface area contributed by atoms with Crippen LogP contribution in [-0.4, -0.2) is 24.1 Å². The normalized spacial score (nSPS) is 10.9. The molecule has 0 unspecified atom stereocenters. The molecule has 5 nitrogen and oxygen atoms in total. The number of halogens is 1. The average molecular weight is 313 g/mol. The van der Waals surface area contributed by atoms with E-state index in [0.29, 0.717) is 23.7 Å². The number of benzene rings is 1. The minimum atomic E-state index is -0.507. The number of alkyl carbamates (subject to hydrolysis) is 1. The number of nitrogens with one attached hydrogen (secondary N) is 2. The first-order valence-corrected chi connectivity index (χ1v) is 7.08. The molecule has 0 saturated carbocycles. The molecule has 0 aliphatic rings. The summed E-state index contributed by atoms with van der Waals surface area (Å²) < 4.78 is 5.14. The second-order valence-electron chi connectivity index (χ2n) is 5.67. The van der Waals surface area contributed by atoms with Crippen LogP contribution in [0.4, 0.5) is 10.5 Å². The maximum Gasteiger partial charge on any atom is 0.407 e. The minimum Gasteiger partial charge on any atom is -0.444 e. The summed E-state index contributed by atoms with van der Waals surface area (Å²) in [4.78, 5) is 22.5. The predicted molar refractivity (Wildman–Crippen MR) is 83.7 cm³/mol. The number of hydrogen-bond acceptors (Lipinski definition) is 3. The highest BCUT2D eigenvalue weighted by atomic mass is 35.5. The van der Waals surface area contributed by atoms with Gasteiger partial charge in [0, 0.05) is 13.5 Å². The SMILES string of the molecule is CC(=O)Nc1ccc(CCNC(=O)OC(C)(C)C)cc1Cl. The Morgan fingerprint density at radius 2 is 1.95 bits per heavy atom. The number of carbonyl (C=O) groups excluding carboxylic acids is 2. The number of amides is 2. The molecule has 1 aromatic carbocycles. The van der Waals surface area contributed by atoms with Crippen LogP contribution in [0.25, 0.3) is 0 Å². The molecule has 116 valence electrons. The van der Waals surface area contributed by atoms with Crippen molar-refractivity contribution in [2.45, 2.75) is 39.7 Å². The van der Waals surface area contributed by atoms with E-state index in [2.05, 4.69) is 10.6 Å². The second-order valence-corrected chi connectivity index (χ2v) is 6.08. The van der Waals surface area contributed by atoms with Gasteiger partial charge in [-0.25, -0.2) is 4.79 Å². The number of hydrogen-bond donors (Lipinski definition) is 2. The molecule has 0 aliphatic heterocycles. The van der Waals surface area contributed by atoms with Crippen LogP contribution in [-0.2, 0) is 16.0 Å². The summed E-state index contributed by atoms with van der Waals surface area (Å²) in [5.41, 5.74) is 1.03. The van der Waals surface area contributed by atoms with Crippen molar-refractivity contribution in [3.8, 4) is 0 Å². The summed E-state index contributed by atoms with van der Waals surface area (Å²) in [5, 5.41) is 5.79. The number of anilines is 1. The minimum absolute atomic E-state index is 0.170. The fourth-order valence-electron chi connectivity index (χ4n) is 1.63. The van der Waals surface area contributed by atoms with E-state index in [1.54, 1.807) is 12.1 Å². The highest BCUT2D eigenvalue weighted by molar-refractivity contribution is 6.33. The van der Waals surface area contributed by atoms with E-state index in [-0.39, 0.29) is 5.91 Å². The molecule has 2 N–H and O–H groups in total. The summed E-state index contributed by atoms with van der Waals surface area (Å²) in [6.45, 7) is 7.31. The summed E-state index contributed by atoms with van der Waals surface area (Å²) >= 11 is 6.08. The molecule has 0 aliphatic carbocycles. The van der Waals surface area contributed by atoms with E-state index in [1.807, 2.05) is 26.8 Å². The highest BCUT2D eigenvalue weighted by Crippen LogP contribution is 2.23. The molecule has 1 rings (SSSR count). The van der Waals surface area contributed by atoms with Crippen LogP contribution in [0.1, 0.15) is 33.3 Å². The van der Waals surface area contributed by atoms with Crippen molar-refractivity contribution in [3.63, 3.8) is 0 Å². The van der Waals surface area contributed by atoms with Gasteiger partial charge in [0.2, 0.25) is 5.91 Å². The molecular weight excluding hydrogens is 292 g/mol. The lowest BCUT2D eigenvalue weighted by molar-refractivity contribution is -0.114. The molecule has 21 heavy (non-hydrogen) atoms. The molecule has 0 radical (unpaired) electrons. The molecule has 0 bridgehead atoms. The summed E-state index contributed by atoms with van der Waals surface area (Å²) in [6.07, 6.45) is 0.183. The monoisotopic (exact) mass is 312 g/mol. The van der Waals surface area contributed by atoms with Crippen LogP contribution in [0.2, 0.25) is 5.02 Å². The van der Waals surface area contributed by atoms with Crippen molar-refractivity contribution in [2.75, 3.05) is 11.9 Å². The molecule has 0 spiro atoms. The highest BCUT2D eigenvalue weighted by Gasteiger charge is 2.15. The van der Waals surface area contributed by atoms with Gasteiger partial charge in [-0.05, 0) is 44.9 Å². The molecule has 0 fully saturated rings. The van der Waals surface area contributed by atoms with E-state index in [0.717, 1.165) is 5.56 Å². The van der Waals surface area contributed by atoms with Crippen LogP contribution in [0.15, 0.2) is 18.2 Å². The zero-order chi connectivity index (χ0) is 16.0. The zero-order valence-corrected chi connectivity index (χ0v) is 13.5. The van der Waals surface area contributed by atoms with Gasteiger partial charge in [-0.2, -0.15) is 0 Å². The number of rotatable bonds is 4. The van der Waals surface area contributed by atoms with E-state index in [9.17, 15) is 9.59 Å². The van der Waals surface area contributed by atoms with E-state index >= 15 is 0 Å². The first-order chi connectivity index (χ1) is 9.67. The van der Waals surface area contributed by atoms with Gasteiger partial charge >= 0.3 is 6.09 Å². The Morgan fingerprint density at radius 1 is 1.29 bits per heavy atom. The van der Waals surface area contributed by atoms with Crippen LogP contribution < -0.4 is 10.6 Å². The molecule has 2 amide bonds. The van der Waals surface area contributed by atoms with Crippen molar-refractivity contribution in [3.05, 3.63) is 28.8 Å². The smallest absolute Gasteiger partial charge is 0.407 e. The molecule has 0 aromatic heterocycles. The first kappa shape index (κ1) is 17.3. The first-order valence-electron chi connectivity index (χ1n) is 6.70. The predicted octanol–water partition coefficient (Wildman–Crippen LogP) is 3.37. The molecule has 0 atom stereocenters.